The van der Waals surface area contributed by atoms with Crippen LogP contribution in [0, 0.1) is 5.92 Å². The number of hydrogen-bond donors (Lipinski definition) is 1. The third-order valence-corrected chi connectivity index (χ3v) is 3.49. The maximum Gasteiger partial charge on any atom is 0.0366 e. The van der Waals surface area contributed by atoms with E-state index in [1.54, 1.807) is 0 Å². The average Bonchev–Trinajstić information content (AvgIpc) is 2.42. The molecule has 0 radical (unpaired) electrons. The van der Waals surface area contributed by atoms with Crippen LogP contribution < -0.4 is 10.2 Å². The summed E-state index contributed by atoms with van der Waals surface area (Å²) in [6.07, 6.45) is 1.14. The van der Waals surface area contributed by atoms with Crippen molar-refractivity contribution in [3.8, 4) is 0 Å². The highest BCUT2D eigenvalue weighted by molar-refractivity contribution is 5.48. The maximum atomic E-state index is 3.53. The molecule has 0 aromatic heterocycles. The van der Waals surface area contributed by atoms with Gasteiger partial charge in [0.2, 0.25) is 0 Å². The summed E-state index contributed by atoms with van der Waals surface area (Å²) in [4.78, 5) is 2.45. The van der Waals surface area contributed by atoms with Crippen LogP contribution in [0.1, 0.15) is 52.6 Å². The van der Waals surface area contributed by atoms with Crippen LogP contribution in [0.5, 0.6) is 0 Å². The van der Waals surface area contributed by atoms with Gasteiger partial charge < -0.3 is 10.2 Å². The lowest BCUT2D eigenvalue weighted by Gasteiger charge is -2.26. The highest BCUT2D eigenvalue weighted by atomic mass is 15.1. The molecule has 1 rings (SSSR count). The van der Waals surface area contributed by atoms with Gasteiger partial charge in [0.05, 0.1) is 0 Å². The lowest BCUT2D eigenvalue weighted by Crippen LogP contribution is -2.27. The van der Waals surface area contributed by atoms with E-state index in [0.717, 1.165) is 26.1 Å². The second-order valence-corrected chi connectivity index (χ2v) is 5.54. The van der Waals surface area contributed by atoms with Gasteiger partial charge in [0.15, 0.2) is 0 Å². The minimum Gasteiger partial charge on any atom is -0.372 e. The molecule has 108 valence electrons. The maximum absolute atomic E-state index is 3.53. The summed E-state index contributed by atoms with van der Waals surface area (Å²) in [7, 11) is 0. The molecule has 1 atom stereocenters. The van der Waals surface area contributed by atoms with Crippen LogP contribution in [0.3, 0.4) is 0 Å². The molecule has 1 unspecified atom stereocenters. The molecule has 0 aliphatic carbocycles. The van der Waals surface area contributed by atoms with Crippen LogP contribution in [-0.2, 0) is 0 Å². The third kappa shape index (κ3) is 4.87. The van der Waals surface area contributed by atoms with E-state index < -0.39 is 0 Å². The van der Waals surface area contributed by atoms with Gasteiger partial charge in [-0.25, -0.2) is 0 Å². The predicted octanol–water partition coefficient (Wildman–Crippen LogP) is 4.23. The Labute approximate surface area is 119 Å². The Bertz CT molecular complexity index is 343. The summed E-state index contributed by atoms with van der Waals surface area (Å²) in [6.45, 7) is 14.4. The van der Waals surface area contributed by atoms with E-state index in [1.165, 1.54) is 11.3 Å². The highest BCUT2D eigenvalue weighted by Crippen LogP contribution is 2.21. The van der Waals surface area contributed by atoms with Gasteiger partial charge in [0.25, 0.3) is 0 Å². The minimum atomic E-state index is 0.485. The van der Waals surface area contributed by atoms with Crippen molar-refractivity contribution < 1.29 is 0 Å². The molecule has 0 fully saturated rings. The van der Waals surface area contributed by atoms with Crippen LogP contribution in [0.15, 0.2) is 24.3 Å². The first-order chi connectivity index (χ1) is 9.12. The van der Waals surface area contributed by atoms with E-state index in [1.807, 2.05) is 0 Å². The summed E-state index contributed by atoms with van der Waals surface area (Å²) < 4.78 is 0. The molecular weight excluding hydrogens is 232 g/mol. The Hall–Kier alpha value is -1.02. The Kier molecular flexibility index (Phi) is 6.93. The number of rotatable bonds is 8. The van der Waals surface area contributed by atoms with E-state index in [2.05, 4.69) is 69.1 Å². The fourth-order valence-corrected chi connectivity index (χ4v) is 2.52. The van der Waals surface area contributed by atoms with Gasteiger partial charge in [0.1, 0.15) is 0 Å². The smallest absolute Gasteiger partial charge is 0.0366 e. The Morgan fingerprint density at radius 3 is 2.11 bits per heavy atom. The molecule has 0 aliphatic rings. The largest absolute Gasteiger partial charge is 0.372 e. The fraction of sp³-hybridized carbons (Fsp3) is 0.647. The quantitative estimate of drug-likeness (QED) is 0.754. The standard InChI is InChI=1S/C17H30N2/c1-6-17(18-7-2)15-9-11-16(12-10-15)19(8-3)13-14(4)5/h9-12,14,17-18H,6-8,13H2,1-5H3. The first kappa shape index (κ1) is 16.0. The summed E-state index contributed by atoms with van der Waals surface area (Å²) in [5, 5.41) is 3.53. The number of nitrogens with one attached hydrogen (secondary N) is 1. The van der Waals surface area contributed by atoms with Crippen LogP contribution >= 0.6 is 0 Å². The van der Waals surface area contributed by atoms with Crippen molar-refractivity contribution in [3.63, 3.8) is 0 Å². The average molecular weight is 262 g/mol. The molecule has 1 aromatic rings. The molecule has 0 saturated heterocycles. The van der Waals surface area contributed by atoms with Gasteiger partial charge in [-0.05, 0) is 43.5 Å². The molecular formula is C17H30N2. The van der Waals surface area contributed by atoms with Crippen molar-refractivity contribution in [2.24, 2.45) is 5.92 Å². The lowest BCUT2D eigenvalue weighted by molar-refractivity contribution is 0.537. The number of nitrogens with zero attached hydrogens (tertiary/aromatic N) is 1. The summed E-state index contributed by atoms with van der Waals surface area (Å²) in [5.41, 5.74) is 2.74. The van der Waals surface area contributed by atoms with Gasteiger partial charge >= 0.3 is 0 Å². The Balaban J connectivity index is 2.79. The monoisotopic (exact) mass is 262 g/mol. The first-order valence-electron chi connectivity index (χ1n) is 7.70. The minimum absolute atomic E-state index is 0.485. The van der Waals surface area contributed by atoms with Crippen molar-refractivity contribution >= 4 is 5.69 Å². The van der Waals surface area contributed by atoms with Crippen molar-refractivity contribution in [1.82, 2.24) is 5.32 Å². The lowest BCUT2D eigenvalue weighted by atomic mass is 10.0. The molecule has 1 N–H and O–H groups in total. The highest BCUT2D eigenvalue weighted by Gasteiger charge is 2.10. The number of anilines is 1. The molecule has 1 aromatic carbocycles. The zero-order valence-electron chi connectivity index (χ0n) is 13.2. The zero-order chi connectivity index (χ0) is 14.3. The first-order valence-corrected chi connectivity index (χ1v) is 7.70. The molecule has 0 aliphatic heterocycles. The summed E-state index contributed by atoms with van der Waals surface area (Å²) in [6, 6.07) is 9.56. The number of benzene rings is 1. The van der Waals surface area contributed by atoms with Gasteiger partial charge in [-0.1, -0.05) is 39.8 Å². The van der Waals surface area contributed by atoms with Crippen molar-refractivity contribution in [2.45, 2.75) is 47.1 Å². The van der Waals surface area contributed by atoms with E-state index in [9.17, 15) is 0 Å². The predicted molar refractivity (Wildman–Crippen MR) is 85.9 cm³/mol. The molecule has 2 nitrogen and oxygen atoms in total. The molecule has 0 heterocycles. The summed E-state index contributed by atoms with van der Waals surface area (Å²) in [5.74, 6) is 0.699. The second kappa shape index (κ2) is 8.21. The molecule has 19 heavy (non-hydrogen) atoms. The SMILES string of the molecule is CCNC(CC)c1ccc(N(CC)CC(C)C)cc1. The van der Waals surface area contributed by atoms with Crippen molar-refractivity contribution in [3.05, 3.63) is 29.8 Å². The van der Waals surface area contributed by atoms with E-state index in [-0.39, 0.29) is 0 Å². The van der Waals surface area contributed by atoms with E-state index in [0.29, 0.717) is 12.0 Å². The molecule has 0 saturated carbocycles. The van der Waals surface area contributed by atoms with Gasteiger partial charge in [-0.3, -0.25) is 0 Å². The van der Waals surface area contributed by atoms with Crippen LogP contribution in [-0.4, -0.2) is 19.6 Å². The fourth-order valence-electron chi connectivity index (χ4n) is 2.52. The molecule has 2 heteroatoms. The number of hydrogen-bond acceptors (Lipinski definition) is 2. The molecule has 0 spiro atoms. The Morgan fingerprint density at radius 2 is 1.68 bits per heavy atom. The van der Waals surface area contributed by atoms with E-state index >= 15 is 0 Å². The van der Waals surface area contributed by atoms with Gasteiger partial charge in [0, 0.05) is 24.8 Å². The zero-order valence-corrected chi connectivity index (χ0v) is 13.2. The van der Waals surface area contributed by atoms with Gasteiger partial charge in [-0.15, -0.1) is 0 Å². The normalized spacial score (nSPS) is 12.7. The third-order valence-electron chi connectivity index (χ3n) is 3.49. The second-order valence-electron chi connectivity index (χ2n) is 5.54. The van der Waals surface area contributed by atoms with Crippen LogP contribution in [0.2, 0.25) is 0 Å². The Morgan fingerprint density at radius 1 is 1.05 bits per heavy atom. The van der Waals surface area contributed by atoms with Crippen LogP contribution in [0.25, 0.3) is 0 Å². The van der Waals surface area contributed by atoms with Gasteiger partial charge in [-0.2, -0.15) is 0 Å². The molecule has 0 amide bonds. The van der Waals surface area contributed by atoms with E-state index in [4.69, 9.17) is 0 Å². The molecule has 0 bridgehead atoms. The topological polar surface area (TPSA) is 15.3 Å². The van der Waals surface area contributed by atoms with Crippen molar-refractivity contribution in [1.29, 1.82) is 0 Å². The summed E-state index contributed by atoms with van der Waals surface area (Å²) >= 11 is 0. The van der Waals surface area contributed by atoms with Crippen LogP contribution in [0.4, 0.5) is 5.69 Å². The van der Waals surface area contributed by atoms with Crippen molar-refractivity contribution in [2.75, 3.05) is 24.5 Å².